The largest absolute Gasteiger partial charge is 0.272 e. The molecule has 3 rings (SSSR count). The maximum Gasteiger partial charge on any atom is 0.272 e. The van der Waals surface area contributed by atoms with Crippen molar-refractivity contribution in [2.75, 3.05) is 0 Å². The number of nitrogens with one attached hydrogen (secondary N) is 1. The first kappa shape index (κ1) is 16.5. The fourth-order valence-electron chi connectivity index (χ4n) is 2.40. The molecule has 0 aliphatic carbocycles. The van der Waals surface area contributed by atoms with Crippen molar-refractivity contribution in [2.45, 2.75) is 6.92 Å². The zero-order valence-corrected chi connectivity index (χ0v) is 14.4. The van der Waals surface area contributed by atoms with Crippen LogP contribution in [0.5, 0.6) is 0 Å². The van der Waals surface area contributed by atoms with Crippen LogP contribution in [-0.2, 0) is 0 Å². The lowest BCUT2D eigenvalue weighted by Crippen LogP contribution is -2.19. The van der Waals surface area contributed by atoms with Crippen molar-refractivity contribution in [1.29, 1.82) is 0 Å². The van der Waals surface area contributed by atoms with Crippen LogP contribution in [0.2, 0.25) is 10.0 Å². The Morgan fingerprint density at radius 3 is 2.50 bits per heavy atom. The SMILES string of the molecule is C/C(=N\NC(=O)c1cccc2ccccc12)c1ccc(Cl)c(Cl)c1. The molecule has 0 heterocycles. The van der Waals surface area contributed by atoms with Crippen LogP contribution in [0.1, 0.15) is 22.8 Å². The number of carbonyl (C=O) groups excluding carboxylic acids is 1. The summed E-state index contributed by atoms with van der Waals surface area (Å²) in [4.78, 5) is 12.5. The van der Waals surface area contributed by atoms with Crippen LogP contribution in [0.3, 0.4) is 0 Å². The Morgan fingerprint density at radius 2 is 1.71 bits per heavy atom. The summed E-state index contributed by atoms with van der Waals surface area (Å²) < 4.78 is 0. The number of hydrogen-bond donors (Lipinski definition) is 1. The highest BCUT2D eigenvalue weighted by Crippen LogP contribution is 2.23. The van der Waals surface area contributed by atoms with Crippen molar-refractivity contribution in [3.63, 3.8) is 0 Å². The number of benzene rings is 3. The molecule has 0 fully saturated rings. The smallest absolute Gasteiger partial charge is 0.267 e. The van der Waals surface area contributed by atoms with Crippen molar-refractivity contribution in [1.82, 2.24) is 5.43 Å². The van der Waals surface area contributed by atoms with Crippen LogP contribution in [0.4, 0.5) is 0 Å². The van der Waals surface area contributed by atoms with Gasteiger partial charge in [0.2, 0.25) is 0 Å². The molecule has 0 unspecified atom stereocenters. The van der Waals surface area contributed by atoms with Crippen LogP contribution >= 0.6 is 23.2 Å². The van der Waals surface area contributed by atoms with E-state index in [0.717, 1.165) is 16.3 Å². The van der Waals surface area contributed by atoms with E-state index in [0.29, 0.717) is 21.3 Å². The van der Waals surface area contributed by atoms with E-state index >= 15 is 0 Å². The van der Waals surface area contributed by atoms with Crippen LogP contribution in [0.25, 0.3) is 10.8 Å². The summed E-state index contributed by atoms with van der Waals surface area (Å²) in [6.07, 6.45) is 0. The van der Waals surface area contributed by atoms with Gasteiger partial charge in [-0.1, -0.05) is 65.7 Å². The Kier molecular flexibility index (Phi) is 4.84. The molecule has 24 heavy (non-hydrogen) atoms. The molecule has 0 aromatic heterocycles. The van der Waals surface area contributed by atoms with E-state index in [2.05, 4.69) is 10.5 Å². The first-order chi connectivity index (χ1) is 11.6. The second-order valence-electron chi connectivity index (χ2n) is 5.29. The van der Waals surface area contributed by atoms with Gasteiger partial charge in [0, 0.05) is 5.56 Å². The lowest BCUT2D eigenvalue weighted by molar-refractivity contribution is 0.0956. The number of hydrazone groups is 1. The maximum atomic E-state index is 12.5. The maximum absolute atomic E-state index is 12.5. The molecule has 0 bridgehead atoms. The van der Waals surface area contributed by atoms with Gasteiger partial charge in [0.15, 0.2) is 0 Å². The Labute approximate surface area is 149 Å². The van der Waals surface area contributed by atoms with E-state index in [9.17, 15) is 4.79 Å². The average Bonchev–Trinajstić information content (AvgIpc) is 2.61. The van der Waals surface area contributed by atoms with Gasteiger partial charge >= 0.3 is 0 Å². The van der Waals surface area contributed by atoms with Crippen LogP contribution < -0.4 is 5.43 Å². The Hall–Kier alpha value is -2.36. The summed E-state index contributed by atoms with van der Waals surface area (Å²) in [5, 5.41) is 6.99. The van der Waals surface area contributed by atoms with Crippen LogP contribution in [-0.4, -0.2) is 11.6 Å². The fraction of sp³-hybridized carbons (Fsp3) is 0.0526. The number of halogens is 2. The van der Waals surface area contributed by atoms with Gasteiger partial charge < -0.3 is 0 Å². The van der Waals surface area contributed by atoms with E-state index in [1.54, 1.807) is 31.2 Å². The molecule has 0 saturated carbocycles. The number of hydrogen-bond acceptors (Lipinski definition) is 2. The standard InChI is InChI=1S/C19H14Cl2N2O/c1-12(14-9-10-17(20)18(21)11-14)22-23-19(24)16-8-4-6-13-5-2-3-7-15(13)16/h2-11H,1H3,(H,23,24)/b22-12+. The van der Waals surface area contributed by atoms with Crippen LogP contribution in [0.15, 0.2) is 65.8 Å². The van der Waals surface area contributed by atoms with Crippen molar-refractivity contribution in [3.8, 4) is 0 Å². The van der Waals surface area contributed by atoms with E-state index < -0.39 is 0 Å². The molecule has 0 spiro atoms. The third kappa shape index (κ3) is 3.42. The molecule has 3 aromatic rings. The number of carbonyl (C=O) groups is 1. The third-order valence-corrected chi connectivity index (χ3v) is 4.44. The van der Waals surface area contributed by atoms with E-state index in [-0.39, 0.29) is 5.91 Å². The minimum absolute atomic E-state index is 0.258. The van der Waals surface area contributed by atoms with E-state index in [1.165, 1.54) is 0 Å². The van der Waals surface area contributed by atoms with Gasteiger partial charge in [-0.3, -0.25) is 4.79 Å². The third-order valence-electron chi connectivity index (χ3n) is 3.70. The summed E-state index contributed by atoms with van der Waals surface area (Å²) in [6, 6.07) is 18.6. The molecule has 1 N–H and O–H groups in total. The van der Waals surface area contributed by atoms with Gasteiger partial charge in [-0.25, -0.2) is 5.43 Å². The molecule has 120 valence electrons. The van der Waals surface area contributed by atoms with Gasteiger partial charge in [0.1, 0.15) is 0 Å². The second-order valence-corrected chi connectivity index (χ2v) is 6.11. The Bertz CT molecular complexity index is 946. The van der Waals surface area contributed by atoms with Crippen LogP contribution in [0, 0.1) is 0 Å². The van der Waals surface area contributed by atoms with Crippen molar-refractivity contribution in [3.05, 3.63) is 81.8 Å². The Morgan fingerprint density at radius 1 is 0.958 bits per heavy atom. The van der Waals surface area contributed by atoms with Gasteiger partial charge in [-0.05, 0) is 41.5 Å². The number of amides is 1. The average molecular weight is 357 g/mol. The highest BCUT2D eigenvalue weighted by molar-refractivity contribution is 6.42. The molecule has 0 saturated heterocycles. The Balaban J connectivity index is 1.85. The summed E-state index contributed by atoms with van der Waals surface area (Å²) in [5.41, 5.74) is 4.61. The molecule has 0 aliphatic heterocycles. The number of rotatable bonds is 3. The molecule has 5 heteroatoms. The molecule has 3 aromatic carbocycles. The number of fused-ring (bicyclic) bond motifs is 1. The monoisotopic (exact) mass is 356 g/mol. The first-order valence-electron chi connectivity index (χ1n) is 7.34. The first-order valence-corrected chi connectivity index (χ1v) is 8.09. The summed E-state index contributed by atoms with van der Waals surface area (Å²) in [7, 11) is 0. The summed E-state index contributed by atoms with van der Waals surface area (Å²) >= 11 is 11.9. The van der Waals surface area contributed by atoms with Crippen molar-refractivity contribution < 1.29 is 4.79 Å². The van der Waals surface area contributed by atoms with E-state index in [4.69, 9.17) is 23.2 Å². The highest BCUT2D eigenvalue weighted by atomic mass is 35.5. The van der Waals surface area contributed by atoms with E-state index in [1.807, 2.05) is 36.4 Å². The zero-order valence-electron chi connectivity index (χ0n) is 12.9. The van der Waals surface area contributed by atoms with Crippen molar-refractivity contribution in [2.24, 2.45) is 5.10 Å². The minimum atomic E-state index is -0.258. The molecular weight excluding hydrogens is 343 g/mol. The molecule has 1 amide bonds. The molecule has 0 aliphatic rings. The predicted octanol–water partition coefficient (Wildman–Crippen LogP) is 5.30. The highest BCUT2D eigenvalue weighted by Gasteiger charge is 2.09. The normalized spacial score (nSPS) is 11.5. The minimum Gasteiger partial charge on any atom is -0.267 e. The lowest BCUT2D eigenvalue weighted by atomic mass is 10.0. The van der Waals surface area contributed by atoms with Gasteiger partial charge in [-0.15, -0.1) is 0 Å². The van der Waals surface area contributed by atoms with Gasteiger partial charge in [0.25, 0.3) is 5.91 Å². The molecule has 3 nitrogen and oxygen atoms in total. The van der Waals surface area contributed by atoms with Crippen molar-refractivity contribution >= 4 is 45.6 Å². The lowest BCUT2D eigenvalue weighted by Gasteiger charge is -2.07. The predicted molar refractivity (Wildman–Crippen MR) is 100 cm³/mol. The zero-order chi connectivity index (χ0) is 17.1. The topological polar surface area (TPSA) is 41.5 Å². The quantitative estimate of drug-likeness (QED) is 0.502. The molecule has 0 atom stereocenters. The molecule has 0 radical (unpaired) electrons. The molecular formula is C19H14Cl2N2O. The summed E-state index contributed by atoms with van der Waals surface area (Å²) in [6.45, 7) is 1.79. The fourth-order valence-corrected chi connectivity index (χ4v) is 2.70. The van der Waals surface area contributed by atoms with Gasteiger partial charge in [-0.2, -0.15) is 5.10 Å². The van der Waals surface area contributed by atoms with Gasteiger partial charge in [0.05, 0.1) is 15.8 Å². The number of nitrogens with zero attached hydrogens (tertiary/aromatic N) is 1. The summed E-state index contributed by atoms with van der Waals surface area (Å²) in [5.74, 6) is -0.258. The second kappa shape index (κ2) is 7.04.